The molecule has 0 radical (unpaired) electrons. The second kappa shape index (κ2) is 5.80. The average Bonchev–Trinajstić information content (AvgIpc) is 2.44. The lowest BCUT2D eigenvalue weighted by atomic mass is 9.96. The Morgan fingerprint density at radius 2 is 2.05 bits per heavy atom. The number of rotatable bonds is 4. The largest absolute Gasteiger partial charge is 0.495 e. The van der Waals surface area contributed by atoms with Gasteiger partial charge in [0.25, 0.3) is 0 Å². The third kappa shape index (κ3) is 2.90. The summed E-state index contributed by atoms with van der Waals surface area (Å²) in [6.45, 7) is 1.96. The zero-order valence-electron chi connectivity index (χ0n) is 11.3. The quantitative estimate of drug-likeness (QED) is 0.918. The Bertz CT molecular complexity index is 572. The fourth-order valence-electron chi connectivity index (χ4n) is 2.13. The average molecular weight is 260 g/mol. The first-order valence-electron chi connectivity index (χ1n) is 6.08. The van der Waals surface area contributed by atoms with Gasteiger partial charge in [0, 0.05) is 6.20 Å². The van der Waals surface area contributed by atoms with Gasteiger partial charge in [0.15, 0.2) is 0 Å². The van der Waals surface area contributed by atoms with Crippen molar-refractivity contribution >= 4 is 0 Å². The van der Waals surface area contributed by atoms with Crippen LogP contribution < -0.4 is 10.1 Å². The lowest BCUT2D eigenvalue weighted by molar-refractivity contribution is 0.411. The maximum Gasteiger partial charge on any atom is 0.137 e. The Balaban J connectivity index is 2.46. The molecule has 2 rings (SSSR count). The first-order valence-corrected chi connectivity index (χ1v) is 6.08. The molecule has 2 aromatic rings. The topological polar surface area (TPSA) is 34.2 Å². The van der Waals surface area contributed by atoms with Crippen LogP contribution in [0.5, 0.6) is 5.75 Å². The third-order valence-corrected chi connectivity index (χ3v) is 3.14. The molecule has 0 aliphatic heterocycles. The molecule has 1 aromatic heterocycles. The molecule has 4 heteroatoms. The minimum Gasteiger partial charge on any atom is -0.495 e. The molecule has 0 amide bonds. The first-order chi connectivity index (χ1) is 9.15. The molecule has 1 aromatic carbocycles. The fraction of sp³-hybridized carbons (Fsp3) is 0.267. The van der Waals surface area contributed by atoms with E-state index in [0.717, 1.165) is 16.7 Å². The summed E-state index contributed by atoms with van der Waals surface area (Å²) in [5, 5.41) is 3.19. The number of hydrogen-bond acceptors (Lipinski definition) is 3. The summed E-state index contributed by atoms with van der Waals surface area (Å²) in [5.74, 6) is 0.448. The molecule has 0 bridgehead atoms. The number of ether oxygens (including phenoxy) is 1. The van der Waals surface area contributed by atoms with Crippen LogP contribution in [0.15, 0.2) is 36.7 Å². The number of pyridine rings is 1. The molecule has 0 fully saturated rings. The highest BCUT2D eigenvalue weighted by molar-refractivity contribution is 5.38. The van der Waals surface area contributed by atoms with Crippen molar-refractivity contribution in [3.8, 4) is 5.75 Å². The smallest absolute Gasteiger partial charge is 0.137 e. The molecule has 100 valence electrons. The number of halogens is 1. The summed E-state index contributed by atoms with van der Waals surface area (Å²) < 4.78 is 18.6. The van der Waals surface area contributed by atoms with Crippen molar-refractivity contribution in [3.05, 3.63) is 59.2 Å². The van der Waals surface area contributed by atoms with Crippen LogP contribution in [-0.4, -0.2) is 19.1 Å². The van der Waals surface area contributed by atoms with E-state index in [1.807, 2.05) is 20.0 Å². The van der Waals surface area contributed by atoms with Crippen LogP contribution in [0.2, 0.25) is 0 Å². The van der Waals surface area contributed by atoms with Gasteiger partial charge in [-0.25, -0.2) is 4.39 Å². The van der Waals surface area contributed by atoms with Crippen molar-refractivity contribution in [1.82, 2.24) is 10.3 Å². The second-order valence-corrected chi connectivity index (χ2v) is 4.38. The van der Waals surface area contributed by atoms with E-state index in [1.165, 1.54) is 6.07 Å². The van der Waals surface area contributed by atoms with Gasteiger partial charge >= 0.3 is 0 Å². The van der Waals surface area contributed by atoms with Crippen LogP contribution in [-0.2, 0) is 0 Å². The Kier molecular flexibility index (Phi) is 4.12. The van der Waals surface area contributed by atoms with E-state index in [1.54, 1.807) is 31.6 Å². The lowest BCUT2D eigenvalue weighted by Crippen LogP contribution is -2.19. The van der Waals surface area contributed by atoms with Crippen LogP contribution in [0.4, 0.5) is 4.39 Å². The summed E-state index contributed by atoms with van der Waals surface area (Å²) in [6, 6.07) is 6.59. The van der Waals surface area contributed by atoms with E-state index in [9.17, 15) is 4.39 Å². The van der Waals surface area contributed by atoms with Gasteiger partial charge in [0.05, 0.1) is 19.3 Å². The Morgan fingerprint density at radius 1 is 1.26 bits per heavy atom. The van der Waals surface area contributed by atoms with Crippen molar-refractivity contribution < 1.29 is 9.13 Å². The highest BCUT2D eigenvalue weighted by Gasteiger charge is 2.16. The van der Waals surface area contributed by atoms with Crippen molar-refractivity contribution in [2.45, 2.75) is 13.0 Å². The summed E-state index contributed by atoms with van der Waals surface area (Å²) in [5.41, 5.74) is 2.87. The van der Waals surface area contributed by atoms with E-state index in [2.05, 4.69) is 10.3 Å². The van der Waals surface area contributed by atoms with Gasteiger partial charge < -0.3 is 10.1 Å². The Morgan fingerprint density at radius 3 is 2.74 bits per heavy atom. The predicted octanol–water partition coefficient (Wildman–Crippen LogP) is 2.85. The number of benzene rings is 1. The van der Waals surface area contributed by atoms with E-state index in [4.69, 9.17) is 4.74 Å². The van der Waals surface area contributed by atoms with E-state index in [-0.39, 0.29) is 11.9 Å². The van der Waals surface area contributed by atoms with Gasteiger partial charge in [-0.3, -0.25) is 4.98 Å². The van der Waals surface area contributed by atoms with Crippen molar-refractivity contribution in [2.24, 2.45) is 0 Å². The van der Waals surface area contributed by atoms with Crippen LogP contribution in [0.25, 0.3) is 0 Å². The molecule has 19 heavy (non-hydrogen) atoms. The van der Waals surface area contributed by atoms with E-state index >= 15 is 0 Å². The standard InChI is InChI=1S/C15H17FN2O/c1-10-4-5-12(16)7-14(10)15(17-2)11-6-13(19-3)9-18-8-11/h4-9,15,17H,1-3H3. The number of nitrogens with one attached hydrogen (secondary N) is 1. The van der Waals surface area contributed by atoms with Gasteiger partial charge in [0.1, 0.15) is 11.6 Å². The van der Waals surface area contributed by atoms with Gasteiger partial charge in [-0.05, 0) is 48.9 Å². The van der Waals surface area contributed by atoms with Crippen LogP contribution in [0.3, 0.4) is 0 Å². The maximum absolute atomic E-state index is 13.4. The molecule has 0 saturated carbocycles. The highest BCUT2D eigenvalue weighted by Crippen LogP contribution is 2.26. The van der Waals surface area contributed by atoms with Crippen LogP contribution in [0.1, 0.15) is 22.7 Å². The summed E-state index contributed by atoms with van der Waals surface area (Å²) >= 11 is 0. The molecular formula is C15H17FN2O. The zero-order chi connectivity index (χ0) is 13.8. The Hall–Kier alpha value is -1.94. The summed E-state index contributed by atoms with van der Waals surface area (Å²) in [4.78, 5) is 4.14. The minimum absolute atomic E-state index is 0.113. The minimum atomic E-state index is -0.239. The molecule has 0 aliphatic carbocycles. The maximum atomic E-state index is 13.4. The second-order valence-electron chi connectivity index (χ2n) is 4.38. The molecule has 1 heterocycles. The molecule has 3 nitrogen and oxygen atoms in total. The molecule has 0 aliphatic rings. The molecule has 1 N–H and O–H groups in total. The van der Waals surface area contributed by atoms with Crippen molar-refractivity contribution in [3.63, 3.8) is 0 Å². The highest BCUT2D eigenvalue weighted by atomic mass is 19.1. The Labute approximate surface area is 112 Å². The molecule has 0 saturated heterocycles. The lowest BCUT2D eigenvalue weighted by Gasteiger charge is -2.19. The number of hydrogen-bond donors (Lipinski definition) is 1. The predicted molar refractivity (Wildman–Crippen MR) is 72.8 cm³/mol. The monoisotopic (exact) mass is 260 g/mol. The fourth-order valence-corrected chi connectivity index (χ4v) is 2.13. The molecule has 1 unspecified atom stereocenters. The number of aryl methyl sites for hydroxylation is 1. The zero-order valence-corrected chi connectivity index (χ0v) is 11.3. The first kappa shape index (κ1) is 13.5. The van der Waals surface area contributed by atoms with Gasteiger partial charge in [-0.15, -0.1) is 0 Å². The van der Waals surface area contributed by atoms with E-state index in [0.29, 0.717) is 5.75 Å². The molecule has 1 atom stereocenters. The van der Waals surface area contributed by atoms with Crippen molar-refractivity contribution in [1.29, 1.82) is 0 Å². The molecule has 0 spiro atoms. The summed E-state index contributed by atoms with van der Waals surface area (Å²) in [6.07, 6.45) is 3.41. The molecular weight excluding hydrogens is 243 g/mol. The summed E-state index contributed by atoms with van der Waals surface area (Å²) in [7, 11) is 3.44. The number of methoxy groups -OCH3 is 1. The normalized spacial score (nSPS) is 12.2. The van der Waals surface area contributed by atoms with Gasteiger partial charge in [0.2, 0.25) is 0 Å². The van der Waals surface area contributed by atoms with E-state index < -0.39 is 0 Å². The SMILES string of the molecule is CNC(c1cncc(OC)c1)c1cc(F)ccc1C. The van der Waals surface area contributed by atoms with Gasteiger partial charge in [-0.1, -0.05) is 6.07 Å². The number of aromatic nitrogens is 1. The third-order valence-electron chi connectivity index (χ3n) is 3.14. The van der Waals surface area contributed by atoms with Crippen LogP contribution >= 0.6 is 0 Å². The van der Waals surface area contributed by atoms with Crippen molar-refractivity contribution in [2.75, 3.05) is 14.2 Å². The van der Waals surface area contributed by atoms with Crippen LogP contribution in [0, 0.1) is 12.7 Å². The van der Waals surface area contributed by atoms with Gasteiger partial charge in [-0.2, -0.15) is 0 Å². The number of nitrogens with zero attached hydrogens (tertiary/aromatic N) is 1.